The molecule has 31 heavy (non-hydrogen) atoms. The lowest BCUT2D eigenvalue weighted by atomic mass is 9.96. The first-order valence-corrected chi connectivity index (χ1v) is 12.1. The lowest BCUT2D eigenvalue weighted by molar-refractivity contribution is 0.102. The maximum absolute atomic E-state index is 12.6. The van der Waals surface area contributed by atoms with Gasteiger partial charge in [0.15, 0.2) is 0 Å². The van der Waals surface area contributed by atoms with Gasteiger partial charge in [-0.1, -0.05) is 61.7 Å². The van der Waals surface area contributed by atoms with E-state index in [0.29, 0.717) is 11.3 Å². The molecular formula is C25H26N2O3S. The normalized spacial score (nSPS) is 14.8. The fourth-order valence-electron chi connectivity index (χ4n) is 3.87. The van der Waals surface area contributed by atoms with E-state index < -0.39 is 10.0 Å². The van der Waals surface area contributed by atoms with Crippen LogP contribution < -0.4 is 10.0 Å². The third-order valence-corrected chi connectivity index (χ3v) is 7.14. The molecule has 0 saturated heterocycles. The van der Waals surface area contributed by atoms with Crippen LogP contribution in [0.5, 0.6) is 0 Å². The van der Waals surface area contributed by atoms with Crippen molar-refractivity contribution < 1.29 is 13.2 Å². The van der Waals surface area contributed by atoms with Crippen molar-refractivity contribution >= 4 is 21.6 Å². The Bertz CT molecular complexity index is 1120. The molecule has 5 nitrogen and oxygen atoms in total. The van der Waals surface area contributed by atoms with Crippen molar-refractivity contribution in [3.8, 4) is 11.1 Å². The number of nitrogens with one attached hydrogen (secondary N) is 2. The minimum Gasteiger partial charge on any atom is -0.322 e. The molecule has 3 aromatic rings. The zero-order valence-corrected chi connectivity index (χ0v) is 18.1. The second-order valence-corrected chi connectivity index (χ2v) is 9.59. The first-order valence-electron chi connectivity index (χ1n) is 10.6. The number of amides is 1. The summed E-state index contributed by atoms with van der Waals surface area (Å²) in [7, 11) is -3.55. The Hall–Kier alpha value is -2.96. The molecule has 0 atom stereocenters. The summed E-state index contributed by atoms with van der Waals surface area (Å²) in [6, 6.07) is 23.7. The summed E-state index contributed by atoms with van der Waals surface area (Å²) in [6.45, 7) is 0. The fraction of sp³-hybridized carbons (Fsp3) is 0.240. The van der Waals surface area contributed by atoms with Gasteiger partial charge in [0.1, 0.15) is 0 Å². The number of carbonyl (C=O) groups is 1. The van der Waals surface area contributed by atoms with Gasteiger partial charge in [-0.15, -0.1) is 0 Å². The number of hydrogen-bond donors (Lipinski definition) is 2. The topological polar surface area (TPSA) is 75.3 Å². The third kappa shape index (κ3) is 5.40. The van der Waals surface area contributed by atoms with E-state index in [9.17, 15) is 13.2 Å². The SMILES string of the molecule is O=C(Nc1ccc(S(=O)(=O)NC2CCCCC2)cc1)c1ccc(-c2ccccc2)cc1. The van der Waals surface area contributed by atoms with E-state index in [1.807, 2.05) is 42.5 Å². The van der Waals surface area contributed by atoms with Gasteiger partial charge in [-0.3, -0.25) is 4.79 Å². The lowest BCUT2D eigenvalue weighted by Crippen LogP contribution is -2.36. The van der Waals surface area contributed by atoms with Gasteiger partial charge in [0.2, 0.25) is 10.0 Å². The largest absolute Gasteiger partial charge is 0.322 e. The standard InChI is InChI=1S/C25H26N2O3S/c28-25(21-13-11-20(12-14-21)19-7-3-1-4-8-19)26-22-15-17-24(18-16-22)31(29,30)27-23-9-5-2-6-10-23/h1,3-4,7-8,11-18,23,27H,2,5-6,9-10H2,(H,26,28). The van der Waals surface area contributed by atoms with E-state index in [1.165, 1.54) is 18.6 Å². The summed E-state index contributed by atoms with van der Waals surface area (Å²) < 4.78 is 28.0. The zero-order chi connectivity index (χ0) is 21.7. The Morgan fingerprint density at radius 1 is 0.742 bits per heavy atom. The van der Waals surface area contributed by atoms with Crippen molar-refractivity contribution in [2.75, 3.05) is 5.32 Å². The summed E-state index contributed by atoms with van der Waals surface area (Å²) in [5, 5.41) is 2.82. The minimum absolute atomic E-state index is 0.0111. The van der Waals surface area contributed by atoms with E-state index in [1.54, 1.807) is 24.3 Å². The first kappa shape index (κ1) is 21.3. The Labute approximate surface area is 183 Å². The van der Waals surface area contributed by atoms with Crippen LogP contribution in [-0.4, -0.2) is 20.4 Å². The molecular weight excluding hydrogens is 408 g/mol. The van der Waals surface area contributed by atoms with Crippen LogP contribution >= 0.6 is 0 Å². The molecule has 0 radical (unpaired) electrons. The quantitative estimate of drug-likeness (QED) is 0.559. The molecule has 1 fully saturated rings. The van der Waals surface area contributed by atoms with Crippen LogP contribution in [0.15, 0.2) is 83.8 Å². The number of sulfonamides is 1. The maximum Gasteiger partial charge on any atom is 0.255 e. The highest BCUT2D eigenvalue weighted by molar-refractivity contribution is 7.89. The highest BCUT2D eigenvalue weighted by atomic mass is 32.2. The Morgan fingerprint density at radius 2 is 1.35 bits per heavy atom. The molecule has 1 aliphatic rings. The average Bonchev–Trinajstić information content (AvgIpc) is 2.80. The molecule has 0 aliphatic heterocycles. The molecule has 160 valence electrons. The van der Waals surface area contributed by atoms with Crippen LogP contribution in [0.4, 0.5) is 5.69 Å². The van der Waals surface area contributed by atoms with Gasteiger partial charge in [0.25, 0.3) is 5.91 Å². The monoisotopic (exact) mass is 434 g/mol. The molecule has 1 amide bonds. The number of rotatable bonds is 6. The summed E-state index contributed by atoms with van der Waals surface area (Å²) in [4.78, 5) is 12.8. The predicted molar refractivity (Wildman–Crippen MR) is 123 cm³/mol. The third-order valence-electron chi connectivity index (χ3n) is 5.60. The predicted octanol–water partition coefficient (Wildman–Crippen LogP) is 5.22. The molecule has 2 N–H and O–H groups in total. The zero-order valence-electron chi connectivity index (χ0n) is 17.3. The second-order valence-electron chi connectivity index (χ2n) is 7.88. The number of anilines is 1. The van der Waals surface area contributed by atoms with E-state index in [2.05, 4.69) is 10.0 Å². The molecule has 0 heterocycles. The van der Waals surface area contributed by atoms with Gasteiger partial charge in [-0.2, -0.15) is 0 Å². The average molecular weight is 435 g/mol. The molecule has 0 spiro atoms. The minimum atomic E-state index is -3.55. The Kier molecular flexibility index (Phi) is 6.49. The smallest absolute Gasteiger partial charge is 0.255 e. The molecule has 3 aromatic carbocycles. The molecule has 4 rings (SSSR count). The molecule has 0 unspecified atom stereocenters. The van der Waals surface area contributed by atoms with E-state index in [-0.39, 0.29) is 16.8 Å². The van der Waals surface area contributed by atoms with Crippen LogP contribution in [0.1, 0.15) is 42.5 Å². The summed E-state index contributed by atoms with van der Waals surface area (Å²) in [5.41, 5.74) is 3.22. The van der Waals surface area contributed by atoms with Gasteiger partial charge >= 0.3 is 0 Å². The van der Waals surface area contributed by atoms with Crippen molar-refractivity contribution in [1.29, 1.82) is 0 Å². The highest BCUT2D eigenvalue weighted by Gasteiger charge is 2.21. The fourth-order valence-corrected chi connectivity index (χ4v) is 5.18. The maximum atomic E-state index is 12.6. The Morgan fingerprint density at radius 3 is 2.00 bits per heavy atom. The van der Waals surface area contributed by atoms with Crippen LogP contribution in [0.2, 0.25) is 0 Å². The summed E-state index contributed by atoms with van der Waals surface area (Å²) >= 11 is 0. The van der Waals surface area contributed by atoms with Gasteiger partial charge in [0.05, 0.1) is 4.90 Å². The van der Waals surface area contributed by atoms with E-state index in [0.717, 1.165) is 36.8 Å². The molecule has 1 aliphatic carbocycles. The van der Waals surface area contributed by atoms with E-state index >= 15 is 0 Å². The molecule has 1 saturated carbocycles. The van der Waals surface area contributed by atoms with Gasteiger partial charge < -0.3 is 5.32 Å². The van der Waals surface area contributed by atoms with Crippen molar-refractivity contribution in [3.05, 3.63) is 84.4 Å². The lowest BCUT2D eigenvalue weighted by Gasteiger charge is -2.22. The summed E-state index contributed by atoms with van der Waals surface area (Å²) in [5.74, 6) is -0.240. The second kappa shape index (κ2) is 9.45. The molecule has 6 heteroatoms. The van der Waals surface area contributed by atoms with Crippen LogP contribution in [0.3, 0.4) is 0 Å². The van der Waals surface area contributed by atoms with Gasteiger partial charge in [-0.05, 0) is 60.4 Å². The number of hydrogen-bond acceptors (Lipinski definition) is 3. The van der Waals surface area contributed by atoms with Crippen molar-refractivity contribution in [2.45, 2.75) is 43.0 Å². The van der Waals surface area contributed by atoms with Crippen LogP contribution in [-0.2, 0) is 10.0 Å². The number of carbonyl (C=O) groups excluding carboxylic acids is 1. The number of benzene rings is 3. The summed E-state index contributed by atoms with van der Waals surface area (Å²) in [6.07, 6.45) is 5.06. The van der Waals surface area contributed by atoms with Crippen LogP contribution in [0.25, 0.3) is 11.1 Å². The van der Waals surface area contributed by atoms with Crippen molar-refractivity contribution in [3.63, 3.8) is 0 Å². The van der Waals surface area contributed by atoms with Gasteiger partial charge in [-0.25, -0.2) is 13.1 Å². The van der Waals surface area contributed by atoms with E-state index in [4.69, 9.17) is 0 Å². The highest BCUT2D eigenvalue weighted by Crippen LogP contribution is 2.22. The van der Waals surface area contributed by atoms with Crippen molar-refractivity contribution in [1.82, 2.24) is 4.72 Å². The molecule has 0 bridgehead atoms. The first-order chi connectivity index (χ1) is 15.0. The van der Waals surface area contributed by atoms with Crippen molar-refractivity contribution in [2.24, 2.45) is 0 Å². The molecule has 0 aromatic heterocycles. The van der Waals surface area contributed by atoms with Crippen LogP contribution in [0, 0.1) is 0 Å². The van der Waals surface area contributed by atoms with Gasteiger partial charge in [0, 0.05) is 17.3 Å². The Balaban J connectivity index is 1.40.